The number of benzene rings is 2. The molecule has 0 saturated carbocycles. The Bertz CT molecular complexity index is 1050. The van der Waals surface area contributed by atoms with Crippen LogP contribution in [-0.2, 0) is 17.8 Å². The van der Waals surface area contributed by atoms with Crippen molar-refractivity contribution in [1.29, 1.82) is 0 Å². The summed E-state index contributed by atoms with van der Waals surface area (Å²) in [4.78, 5) is 16.5. The number of imidazole rings is 1. The third-order valence-corrected chi connectivity index (χ3v) is 4.74. The molecule has 0 aliphatic heterocycles. The number of para-hydroxylation sites is 2. The third-order valence-electron chi connectivity index (χ3n) is 4.74. The standard InChI is InChI=1S/C23H23N3O2/c27-23(14-12-19-11-13-22(28-19)18-7-2-1-3-8-18)24-15-6-16-26-17-25-20-9-4-5-10-21(20)26/h1-5,7-11,13,17H,6,12,14-16H2,(H,24,27). The normalized spacial score (nSPS) is 11.0. The SMILES string of the molecule is O=C(CCc1ccc(-c2ccccc2)o1)NCCCn1cnc2ccccc21. The van der Waals surface area contributed by atoms with E-state index in [0.29, 0.717) is 19.4 Å². The Morgan fingerprint density at radius 3 is 2.71 bits per heavy atom. The highest BCUT2D eigenvalue weighted by molar-refractivity contribution is 5.76. The summed E-state index contributed by atoms with van der Waals surface area (Å²) in [7, 11) is 0. The van der Waals surface area contributed by atoms with Gasteiger partial charge in [-0.1, -0.05) is 42.5 Å². The van der Waals surface area contributed by atoms with Crippen molar-refractivity contribution in [1.82, 2.24) is 14.9 Å². The van der Waals surface area contributed by atoms with Crippen molar-refractivity contribution < 1.29 is 9.21 Å². The van der Waals surface area contributed by atoms with Crippen molar-refractivity contribution >= 4 is 16.9 Å². The lowest BCUT2D eigenvalue weighted by Gasteiger charge is -2.06. The van der Waals surface area contributed by atoms with Crippen molar-refractivity contribution in [3.05, 3.63) is 78.8 Å². The van der Waals surface area contributed by atoms with E-state index in [1.165, 1.54) is 0 Å². The topological polar surface area (TPSA) is 60.1 Å². The summed E-state index contributed by atoms with van der Waals surface area (Å²) in [5.74, 6) is 1.72. The average Bonchev–Trinajstić information content (AvgIpc) is 3.38. The van der Waals surface area contributed by atoms with E-state index in [2.05, 4.69) is 20.9 Å². The van der Waals surface area contributed by atoms with Gasteiger partial charge in [0, 0.05) is 31.5 Å². The van der Waals surface area contributed by atoms with Crippen LogP contribution < -0.4 is 5.32 Å². The van der Waals surface area contributed by atoms with Gasteiger partial charge >= 0.3 is 0 Å². The highest BCUT2D eigenvalue weighted by atomic mass is 16.3. The number of amides is 1. The third kappa shape index (κ3) is 4.31. The van der Waals surface area contributed by atoms with E-state index in [9.17, 15) is 4.79 Å². The summed E-state index contributed by atoms with van der Waals surface area (Å²) >= 11 is 0. The minimum Gasteiger partial charge on any atom is -0.461 e. The fourth-order valence-electron chi connectivity index (χ4n) is 3.26. The van der Waals surface area contributed by atoms with E-state index >= 15 is 0 Å². The first-order valence-corrected chi connectivity index (χ1v) is 9.60. The first kappa shape index (κ1) is 18.0. The lowest BCUT2D eigenvalue weighted by molar-refractivity contribution is -0.121. The van der Waals surface area contributed by atoms with Gasteiger partial charge in [0.15, 0.2) is 0 Å². The molecule has 0 spiro atoms. The largest absolute Gasteiger partial charge is 0.461 e. The molecule has 0 bridgehead atoms. The van der Waals surface area contributed by atoms with Crippen LogP contribution in [0.5, 0.6) is 0 Å². The van der Waals surface area contributed by atoms with Crippen LogP contribution in [0.15, 0.2) is 77.5 Å². The van der Waals surface area contributed by atoms with Gasteiger partial charge in [-0.2, -0.15) is 0 Å². The van der Waals surface area contributed by atoms with Gasteiger partial charge < -0.3 is 14.3 Å². The lowest BCUT2D eigenvalue weighted by atomic mass is 10.2. The van der Waals surface area contributed by atoms with E-state index in [-0.39, 0.29) is 5.91 Å². The van der Waals surface area contributed by atoms with Crippen LogP contribution in [0.2, 0.25) is 0 Å². The Hall–Kier alpha value is -3.34. The lowest BCUT2D eigenvalue weighted by Crippen LogP contribution is -2.25. The molecule has 0 saturated heterocycles. The van der Waals surface area contributed by atoms with Crippen molar-refractivity contribution in [2.24, 2.45) is 0 Å². The van der Waals surface area contributed by atoms with Crippen molar-refractivity contribution in [3.8, 4) is 11.3 Å². The Morgan fingerprint density at radius 2 is 1.82 bits per heavy atom. The number of hydrogen-bond donors (Lipinski definition) is 1. The predicted octanol–water partition coefficient (Wildman–Crippen LogP) is 4.44. The maximum absolute atomic E-state index is 12.1. The van der Waals surface area contributed by atoms with Crippen molar-refractivity contribution in [3.63, 3.8) is 0 Å². The molecule has 0 radical (unpaired) electrons. The number of carbonyl (C=O) groups is 1. The number of aromatic nitrogens is 2. The first-order chi connectivity index (χ1) is 13.8. The summed E-state index contributed by atoms with van der Waals surface area (Å²) in [6, 6.07) is 21.9. The molecule has 5 heteroatoms. The van der Waals surface area contributed by atoms with Crippen molar-refractivity contribution in [2.45, 2.75) is 25.8 Å². The Balaban J connectivity index is 1.20. The number of nitrogens with one attached hydrogen (secondary N) is 1. The summed E-state index contributed by atoms with van der Waals surface area (Å²) in [6.45, 7) is 1.48. The molecule has 1 amide bonds. The first-order valence-electron chi connectivity index (χ1n) is 9.60. The highest BCUT2D eigenvalue weighted by Crippen LogP contribution is 2.22. The molecular formula is C23H23N3O2. The van der Waals surface area contributed by atoms with Gasteiger partial charge in [0.25, 0.3) is 0 Å². The van der Waals surface area contributed by atoms with Gasteiger partial charge in [-0.05, 0) is 30.7 Å². The van der Waals surface area contributed by atoms with E-state index in [0.717, 1.165) is 41.1 Å². The van der Waals surface area contributed by atoms with Crippen LogP contribution in [0.4, 0.5) is 0 Å². The van der Waals surface area contributed by atoms with Gasteiger partial charge in [0.1, 0.15) is 11.5 Å². The van der Waals surface area contributed by atoms with Crippen LogP contribution in [0.1, 0.15) is 18.6 Å². The summed E-state index contributed by atoms with van der Waals surface area (Å²) in [5.41, 5.74) is 3.17. The molecule has 2 aromatic heterocycles. The van der Waals surface area contributed by atoms with E-state index in [4.69, 9.17) is 4.42 Å². The Kier molecular flexibility index (Phi) is 5.52. The molecule has 0 unspecified atom stereocenters. The van der Waals surface area contributed by atoms with Crippen molar-refractivity contribution in [2.75, 3.05) is 6.54 Å². The molecule has 2 aromatic carbocycles. The number of fused-ring (bicyclic) bond motifs is 1. The zero-order chi connectivity index (χ0) is 19.2. The Morgan fingerprint density at radius 1 is 1.00 bits per heavy atom. The quantitative estimate of drug-likeness (QED) is 0.465. The number of hydrogen-bond acceptors (Lipinski definition) is 3. The smallest absolute Gasteiger partial charge is 0.220 e. The van der Waals surface area contributed by atoms with Crippen LogP contribution in [-0.4, -0.2) is 22.0 Å². The second-order valence-electron chi connectivity index (χ2n) is 6.76. The van der Waals surface area contributed by atoms with Gasteiger partial charge in [-0.15, -0.1) is 0 Å². The van der Waals surface area contributed by atoms with Gasteiger partial charge in [0.05, 0.1) is 17.4 Å². The summed E-state index contributed by atoms with van der Waals surface area (Å²) < 4.78 is 7.97. The number of carbonyl (C=O) groups excluding carboxylic acids is 1. The molecule has 4 rings (SSSR count). The van der Waals surface area contributed by atoms with E-state index in [1.54, 1.807) is 0 Å². The molecule has 0 aliphatic rings. The molecule has 0 aliphatic carbocycles. The second kappa shape index (κ2) is 8.57. The number of nitrogens with zero attached hydrogens (tertiary/aromatic N) is 2. The molecule has 0 fully saturated rings. The number of aryl methyl sites for hydroxylation is 2. The fraction of sp³-hybridized carbons (Fsp3) is 0.217. The van der Waals surface area contributed by atoms with Gasteiger partial charge in [-0.3, -0.25) is 4.79 Å². The predicted molar refractivity (Wildman–Crippen MR) is 110 cm³/mol. The molecule has 5 nitrogen and oxygen atoms in total. The maximum Gasteiger partial charge on any atom is 0.220 e. The minimum atomic E-state index is 0.0492. The van der Waals surface area contributed by atoms with Gasteiger partial charge in [-0.25, -0.2) is 4.98 Å². The summed E-state index contributed by atoms with van der Waals surface area (Å²) in [6.07, 6.45) is 3.75. The number of furan rings is 1. The maximum atomic E-state index is 12.1. The summed E-state index contributed by atoms with van der Waals surface area (Å²) in [5, 5.41) is 2.99. The van der Waals surface area contributed by atoms with Crippen LogP contribution >= 0.6 is 0 Å². The molecule has 4 aromatic rings. The molecular weight excluding hydrogens is 350 g/mol. The average molecular weight is 373 g/mol. The molecule has 1 N–H and O–H groups in total. The highest BCUT2D eigenvalue weighted by Gasteiger charge is 2.07. The van der Waals surface area contributed by atoms with Crippen LogP contribution in [0.3, 0.4) is 0 Å². The van der Waals surface area contributed by atoms with Crippen LogP contribution in [0, 0.1) is 0 Å². The van der Waals surface area contributed by atoms with Crippen LogP contribution in [0.25, 0.3) is 22.4 Å². The fourth-order valence-corrected chi connectivity index (χ4v) is 3.26. The van der Waals surface area contributed by atoms with E-state index in [1.807, 2.05) is 67.0 Å². The zero-order valence-corrected chi connectivity index (χ0v) is 15.7. The molecule has 142 valence electrons. The monoisotopic (exact) mass is 373 g/mol. The van der Waals surface area contributed by atoms with E-state index < -0.39 is 0 Å². The second-order valence-corrected chi connectivity index (χ2v) is 6.76. The molecule has 0 atom stereocenters. The Labute approximate surface area is 164 Å². The van der Waals surface area contributed by atoms with Gasteiger partial charge in [0.2, 0.25) is 5.91 Å². The molecule has 28 heavy (non-hydrogen) atoms. The zero-order valence-electron chi connectivity index (χ0n) is 15.7. The molecule has 2 heterocycles. The minimum absolute atomic E-state index is 0.0492. The number of rotatable bonds is 8.